The summed E-state index contributed by atoms with van der Waals surface area (Å²) in [4.78, 5) is 0. The first-order valence-corrected chi connectivity index (χ1v) is 3.55. The molecule has 48 valence electrons. The highest BCUT2D eigenvalue weighted by Gasteiger charge is 1.96. The van der Waals surface area contributed by atoms with Gasteiger partial charge in [-0.15, -0.1) is 6.58 Å². The molecule has 0 rings (SSSR count). The topological polar surface area (TPSA) is 0 Å². The van der Waals surface area contributed by atoms with Crippen molar-refractivity contribution in [1.82, 2.24) is 0 Å². The standard InChI is InChI=1S/C7H14S/c1-6(2)4-7(3)5-8/h7-8H,1,4-5H2,2-3H3. The summed E-state index contributed by atoms with van der Waals surface area (Å²) >= 11 is 4.15. The van der Waals surface area contributed by atoms with Gasteiger partial charge < -0.3 is 0 Å². The van der Waals surface area contributed by atoms with E-state index in [2.05, 4.69) is 33.1 Å². The Labute approximate surface area is 57.4 Å². The molecular weight excluding hydrogens is 116 g/mol. The van der Waals surface area contributed by atoms with Gasteiger partial charge in [0.1, 0.15) is 0 Å². The van der Waals surface area contributed by atoms with E-state index in [1.807, 2.05) is 0 Å². The van der Waals surface area contributed by atoms with Crippen LogP contribution < -0.4 is 0 Å². The molecule has 0 spiro atoms. The highest BCUT2D eigenvalue weighted by Crippen LogP contribution is 2.09. The zero-order valence-electron chi connectivity index (χ0n) is 5.65. The van der Waals surface area contributed by atoms with Crippen LogP contribution in [0.3, 0.4) is 0 Å². The van der Waals surface area contributed by atoms with Crippen LogP contribution in [0.25, 0.3) is 0 Å². The minimum atomic E-state index is 0.691. The Morgan fingerprint density at radius 2 is 2.25 bits per heavy atom. The van der Waals surface area contributed by atoms with Crippen molar-refractivity contribution in [2.75, 3.05) is 5.75 Å². The van der Waals surface area contributed by atoms with E-state index in [1.165, 1.54) is 5.57 Å². The second-order valence-electron chi connectivity index (χ2n) is 2.45. The molecule has 0 bridgehead atoms. The molecule has 0 aliphatic carbocycles. The maximum absolute atomic E-state index is 4.15. The summed E-state index contributed by atoms with van der Waals surface area (Å²) in [7, 11) is 0. The largest absolute Gasteiger partial charge is 0.179 e. The summed E-state index contributed by atoms with van der Waals surface area (Å²) in [5, 5.41) is 0. The van der Waals surface area contributed by atoms with Crippen molar-refractivity contribution in [3.05, 3.63) is 12.2 Å². The highest BCUT2D eigenvalue weighted by molar-refractivity contribution is 7.80. The van der Waals surface area contributed by atoms with Crippen LogP contribution in [-0.2, 0) is 0 Å². The Hall–Kier alpha value is 0.0900. The molecule has 0 heterocycles. The summed E-state index contributed by atoms with van der Waals surface area (Å²) in [6, 6.07) is 0. The highest BCUT2D eigenvalue weighted by atomic mass is 32.1. The fraction of sp³-hybridized carbons (Fsp3) is 0.714. The fourth-order valence-electron chi connectivity index (χ4n) is 0.659. The van der Waals surface area contributed by atoms with E-state index in [0.29, 0.717) is 5.92 Å². The molecule has 0 saturated carbocycles. The Bertz CT molecular complexity index is 76.5. The molecule has 1 heteroatoms. The van der Waals surface area contributed by atoms with Gasteiger partial charge in [-0.3, -0.25) is 0 Å². The van der Waals surface area contributed by atoms with Crippen LogP contribution in [0.2, 0.25) is 0 Å². The number of thiol groups is 1. The first-order valence-electron chi connectivity index (χ1n) is 2.92. The molecule has 0 nitrogen and oxygen atoms in total. The van der Waals surface area contributed by atoms with Crippen molar-refractivity contribution in [1.29, 1.82) is 0 Å². The first kappa shape index (κ1) is 8.09. The second kappa shape index (κ2) is 4.02. The lowest BCUT2D eigenvalue weighted by atomic mass is 10.1. The van der Waals surface area contributed by atoms with E-state index < -0.39 is 0 Å². The van der Waals surface area contributed by atoms with E-state index in [-0.39, 0.29) is 0 Å². The summed E-state index contributed by atoms with van der Waals surface area (Å²) in [6.07, 6.45) is 1.11. The monoisotopic (exact) mass is 130 g/mol. The summed E-state index contributed by atoms with van der Waals surface area (Å²) < 4.78 is 0. The SMILES string of the molecule is C=C(C)CC(C)CS. The van der Waals surface area contributed by atoms with Crippen molar-refractivity contribution in [3.8, 4) is 0 Å². The van der Waals surface area contributed by atoms with Gasteiger partial charge in [0, 0.05) is 0 Å². The number of hydrogen-bond acceptors (Lipinski definition) is 1. The molecule has 8 heavy (non-hydrogen) atoms. The van der Waals surface area contributed by atoms with E-state index in [9.17, 15) is 0 Å². The predicted octanol–water partition coefficient (Wildman–Crippen LogP) is 2.52. The Morgan fingerprint density at radius 1 is 1.75 bits per heavy atom. The van der Waals surface area contributed by atoms with Crippen LogP contribution >= 0.6 is 12.6 Å². The lowest BCUT2D eigenvalue weighted by molar-refractivity contribution is 0.657. The van der Waals surface area contributed by atoms with Crippen molar-refractivity contribution < 1.29 is 0 Å². The number of allylic oxidation sites excluding steroid dienone is 1. The molecule has 0 saturated heterocycles. The van der Waals surface area contributed by atoms with Crippen molar-refractivity contribution in [2.24, 2.45) is 5.92 Å². The van der Waals surface area contributed by atoms with Gasteiger partial charge in [-0.2, -0.15) is 12.6 Å². The molecule has 0 aromatic heterocycles. The van der Waals surface area contributed by atoms with Gasteiger partial charge in [0.25, 0.3) is 0 Å². The van der Waals surface area contributed by atoms with Crippen LogP contribution in [0.1, 0.15) is 20.3 Å². The molecule has 1 unspecified atom stereocenters. The first-order chi connectivity index (χ1) is 3.66. The third-order valence-corrected chi connectivity index (χ3v) is 1.63. The summed E-state index contributed by atoms with van der Waals surface area (Å²) in [6.45, 7) is 8.05. The molecule has 0 radical (unpaired) electrons. The van der Waals surface area contributed by atoms with E-state index in [4.69, 9.17) is 0 Å². The van der Waals surface area contributed by atoms with Gasteiger partial charge in [-0.05, 0) is 25.0 Å². The number of hydrogen-bond donors (Lipinski definition) is 1. The van der Waals surface area contributed by atoms with E-state index >= 15 is 0 Å². The van der Waals surface area contributed by atoms with E-state index in [0.717, 1.165) is 12.2 Å². The fourth-order valence-corrected chi connectivity index (χ4v) is 0.789. The second-order valence-corrected chi connectivity index (χ2v) is 2.81. The maximum atomic E-state index is 4.15. The summed E-state index contributed by atoms with van der Waals surface area (Å²) in [5.41, 5.74) is 1.26. The van der Waals surface area contributed by atoms with Crippen LogP contribution in [0.5, 0.6) is 0 Å². The smallest absolute Gasteiger partial charge is 0.00691 e. The average molecular weight is 130 g/mol. The van der Waals surface area contributed by atoms with E-state index in [1.54, 1.807) is 0 Å². The Balaban J connectivity index is 3.24. The van der Waals surface area contributed by atoms with Gasteiger partial charge in [0.15, 0.2) is 0 Å². The molecule has 0 aromatic rings. The van der Waals surface area contributed by atoms with Gasteiger partial charge in [0.2, 0.25) is 0 Å². The van der Waals surface area contributed by atoms with Crippen molar-refractivity contribution in [2.45, 2.75) is 20.3 Å². The quantitative estimate of drug-likeness (QED) is 0.440. The third kappa shape index (κ3) is 4.25. The van der Waals surface area contributed by atoms with Crippen LogP contribution in [0, 0.1) is 5.92 Å². The van der Waals surface area contributed by atoms with Gasteiger partial charge >= 0.3 is 0 Å². The zero-order chi connectivity index (χ0) is 6.57. The van der Waals surface area contributed by atoms with Crippen molar-refractivity contribution >= 4 is 12.6 Å². The maximum Gasteiger partial charge on any atom is -0.00691 e. The summed E-state index contributed by atoms with van der Waals surface area (Å²) in [5.74, 6) is 1.66. The lowest BCUT2D eigenvalue weighted by Gasteiger charge is -2.04. The Kier molecular flexibility index (Phi) is 4.06. The minimum absolute atomic E-state index is 0.691. The van der Waals surface area contributed by atoms with Gasteiger partial charge in [-0.1, -0.05) is 12.5 Å². The Morgan fingerprint density at radius 3 is 2.38 bits per heavy atom. The average Bonchev–Trinajstić information content (AvgIpc) is 1.65. The van der Waals surface area contributed by atoms with Gasteiger partial charge in [-0.25, -0.2) is 0 Å². The van der Waals surface area contributed by atoms with Gasteiger partial charge in [0.05, 0.1) is 0 Å². The molecule has 0 amide bonds. The van der Waals surface area contributed by atoms with Crippen LogP contribution in [0.4, 0.5) is 0 Å². The minimum Gasteiger partial charge on any atom is -0.179 e. The molecule has 0 aliphatic heterocycles. The molecule has 0 N–H and O–H groups in total. The van der Waals surface area contributed by atoms with Crippen LogP contribution in [-0.4, -0.2) is 5.75 Å². The normalized spacial score (nSPS) is 13.4. The molecule has 0 fully saturated rings. The molecule has 1 atom stereocenters. The lowest BCUT2D eigenvalue weighted by Crippen LogP contribution is -1.95. The van der Waals surface area contributed by atoms with Crippen LogP contribution in [0.15, 0.2) is 12.2 Å². The van der Waals surface area contributed by atoms with Crippen molar-refractivity contribution in [3.63, 3.8) is 0 Å². The zero-order valence-corrected chi connectivity index (χ0v) is 6.54. The molecule has 0 aromatic carbocycles. The molecule has 0 aliphatic rings. The third-order valence-electron chi connectivity index (χ3n) is 1.01. The molecular formula is C7H14S. The number of rotatable bonds is 3. The predicted molar refractivity (Wildman–Crippen MR) is 42.4 cm³/mol.